The highest BCUT2D eigenvalue weighted by atomic mass is 79.9. The zero-order chi connectivity index (χ0) is 10.1. The summed E-state index contributed by atoms with van der Waals surface area (Å²) in [6, 6.07) is 3.70. The molecule has 2 aromatic rings. The van der Waals surface area contributed by atoms with Crippen LogP contribution in [0.15, 0.2) is 22.8 Å². The van der Waals surface area contributed by atoms with Crippen molar-refractivity contribution in [3.63, 3.8) is 0 Å². The van der Waals surface area contributed by atoms with Crippen LogP contribution < -0.4 is 0 Å². The first kappa shape index (κ1) is 9.86. The van der Waals surface area contributed by atoms with Gasteiger partial charge in [0.2, 0.25) is 0 Å². The van der Waals surface area contributed by atoms with Gasteiger partial charge in [0.05, 0.1) is 17.0 Å². The number of carbonyl (C=O) groups excluding carboxylic acids is 1. The molecule has 0 aliphatic carbocycles. The van der Waals surface area contributed by atoms with Gasteiger partial charge in [0.25, 0.3) is 0 Å². The van der Waals surface area contributed by atoms with Gasteiger partial charge in [-0.25, -0.2) is 0 Å². The van der Waals surface area contributed by atoms with Gasteiger partial charge in [-0.1, -0.05) is 31.9 Å². The maximum absolute atomic E-state index is 11.6. The van der Waals surface area contributed by atoms with Crippen LogP contribution >= 0.6 is 31.9 Å². The summed E-state index contributed by atoms with van der Waals surface area (Å²) in [5.41, 5.74) is 1.55. The molecule has 0 bridgehead atoms. The first-order valence-corrected chi connectivity index (χ1v) is 5.85. The molecule has 0 atom stereocenters. The Balaban J connectivity index is 2.72. The van der Waals surface area contributed by atoms with Crippen LogP contribution in [-0.4, -0.2) is 21.3 Å². The molecule has 3 nitrogen and oxygen atoms in total. The van der Waals surface area contributed by atoms with Crippen LogP contribution in [0.1, 0.15) is 10.4 Å². The van der Waals surface area contributed by atoms with Gasteiger partial charge in [0, 0.05) is 15.4 Å². The SMILES string of the molecule is O=C(CBr)c1cc(Br)cc2[nH]ncc12. The second kappa shape index (κ2) is 3.82. The Hall–Kier alpha value is -0.680. The molecule has 5 heteroatoms. The van der Waals surface area contributed by atoms with Crippen LogP contribution in [0.4, 0.5) is 0 Å². The summed E-state index contributed by atoms with van der Waals surface area (Å²) in [6.07, 6.45) is 1.66. The van der Waals surface area contributed by atoms with E-state index in [0.29, 0.717) is 10.9 Å². The third kappa shape index (κ3) is 1.62. The molecular formula is C9H6Br2N2O. The van der Waals surface area contributed by atoms with Crippen LogP contribution in [0.2, 0.25) is 0 Å². The van der Waals surface area contributed by atoms with E-state index in [9.17, 15) is 4.79 Å². The summed E-state index contributed by atoms with van der Waals surface area (Å²) < 4.78 is 0.874. The molecule has 0 amide bonds. The minimum Gasteiger partial charge on any atom is -0.293 e. The average molecular weight is 318 g/mol. The molecule has 1 aromatic heterocycles. The van der Waals surface area contributed by atoms with Crippen LogP contribution in [0.5, 0.6) is 0 Å². The number of aromatic nitrogens is 2. The van der Waals surface area contributed by atoms with Crippen molar-refractivity contribution in [1.29, 1.82) is 0 Å². The van der Waals surface area contributed by atoms with Crippen LogP contribution in [0.3, 0.4) is 0 Å². The molecule has 14 heavy (non-hydrogen) atoms. The molecule has 72 valence electrons. The summed E-state index contributed by atoms with van der Waals surface area (Å²) in [5.74, 6) is 0.0534. The quantitative estimate of drug-likeness (QED) is 0.684. The number of benzene rings is 1. The van der Waals surface area contributed by atoms with Crippen LogP contribution in [0.25, 0.3) is 10.9 Å². The highest BCUT2D eigenvalue weighted by molar-refractivity contribution is 9.10. The first-order chi connectivity index (χ1) is 6.72. The van der Waals surface area contributed by atoms with Gasteiger partial charge in [0.1, 0.15) is 0 Å². The Morgan fingerprint density at radius 1 is 1.50 bits per heavy atom. The standard InChI is InChI=1S/C9H6Br2N2O/c10-3-9(14)6-1-5(11)2-8-7(6)4-12-13-8/h1-2,4H,3H2,(H,12,13). The lowest BCUT2D eigenvalue weighted by atomic mass is 10.1. The number of alkyl halides is 1. The second-order valence-electron chi connectivity index (χ2n) is 2.84. The monoisotopic (exact) mass is 316 g/mol. The van der Waals surface area contributed by atoms with E-state index in [1.807, 2.05) is 6.07 Å². The van der Waals surface area contributed by atoms with Gasteiger partial charge in [-0.05, 0) is 12.1 Å². The Kier molecular flexibility index (Phi) is 2.69. The summed E-state index contributed by atoms with van der Waals surface area (Å²) in [7, 11) is 0. The van der Waals surface area contributed by atoms with Crippen molar-refractivity contribution in [1.82, 2.24) is 10.2 Å². The third-order valence-electron chi connectivity index (χ3n) is 1.95. The number of hydrogen-bond donors (Lipinski definition) is 1. The molecule has 0 saturated carbocycles. The fraction of sp³-hybridized carbons (Fsp3) is 0.111. The zero-order valence-electron chi connectivity index (χ0n) is 7.05. The lowest BCUT2D eigenvalue weighted by Crippen LogP contribution is -2.00. The number of nitrogens with one attached hydrogen (secondary N) is 1. The maximum Gasteiger partial charge on any atom is 0.174 e. The second-order valence-corrected chi connectivity index (χ2v) is 4.32. The highest BCUT2D eigenvalue weighted by Gasteiger charge is 2.11. The first-order valence-electron chi connectivity index (χ1n) is 3.94. The van der Waals surface area contributed by atoms with Gasteiger partial charge < -0.3 is 0 Å². The molecule has 0 aliphatic heterocycles. The number of H-pyrrole nitrogens is 1. The Morgan fingerprint density at radius 3 is 3.00 bits per heavy atom. The number of nitrogens with zero attached hydrogens (tertiary/aromatic N) is 1. The molecule has 0 aliphatic rings. The van der Waals surface area contributed by atoms with E-state index in [1.54, 1.807) is 12.3 Å². The molecule has 0 unspecified atom stereocenters. The van der Waals surface area contributed by atoms with Gasteiger partial charge in [0.15, 0.2) is 5.78 Å². The number of aromatic amines is 1. The number of Topliss-reactive ketones (excluding diaryl/α,β-unsaturated/α-hetero) is 1. The number of hydrogen-bond acceptors (Lipinski definition) is 2. The van der Waals surface area contributed by atoms with Gasteiger partial charge in [-0.3, -0.25) is 9.89 Å². The molecule has 0 fully saturated rings. The average Bonchev–Trinajstić information content (AvgIpc) is 2.62. The van der Waals surface area contributed by atoms with E-state index in [4.69, 9.17) is 0 Å². The summed E-state index contributed by atoms with van der Waals surface area (Å²) >= 11 is 6.50. The highest BCUT2D eigenvalue weighted by Crippen LogP contribution is 2.23. The summed E-state index contributed by atoms with van der Waals surface area (Å²) in [4.78, 5) is 11.6. The normalized spacial score (nSPS) is 10.7. The maximum atomic E-state index is 11.6. The Bertz CT molecular complexity index is 493. The fourth-order valence-electron chi connectivity index (χ4n) is 1.32. The minimum absolute atomic E-state index is 0.0534. The van der Waals surface area contributed by atoms with Gasteiger partial charge >= 0.3 is 0 Å². The Labute approximate surface area is 97.1 Å². The van der Waals surface area contributed by atoms with Crippen LogP contribution in [-0.2, 0) is 0 Å². The summed E-state index contributed by atoms with van der Waals surface area (Å²) in [6.45, 7) is 0. The molecule has 1 heterocycles. The van der Waals surface area contributed by atoms with Crippen LogP contribution in [0, 0.1) is 0 Å². The predicted molar refractivity (Wildman–Crippen MR) is 61.9 cm³/mol. The molecule has 1 aromatic carbocycles. The van der Waals surface area contributed by atoms with E-state index in [2.05, 4.69) is 42.1 Å². The predicted octanol–water partition coefficient (Wildman–Crippen LogP) is 2.90. The van der Waals surface area contributed by atoms with Gasteiger partial charge in [-0.15, -0.1) is 0 Å². The lowest BCUT2D eigenvalue weighted by Gasteiger charge is -2.00. The zero-order valence-corrected chi connectivity index (χ0v) is 10.2. The van der Waals surface area contributed by atoms with Crippen molar-refractivity contribution >= 4 is 48.5 Å². The van der Waals surface area contributed by atoms with E-state index in [0.717, 1.165) is 15.4 Å². The molecule has 0 spiro atoms. The smallest absolute Gasteiger partial charge is 0.174 e. The number of ketones is 1. The van der Waals surface area contributed by atoms with Crippen molar-refractivity contribution in [2.75, 3.05) is 5.33 Å². The number of carbonyl (C=O) groups is 1. The fourth-order valence-corrected chi connectivity index (χ4v) is 2.08. The topological polar surface area (TPSA) is 45.8 Å². The van der Waals surface area contributed by atoms with E-state index in [1.165, 1.54) is 0 Å². The molecule has 0 saturated heterocycles. The van der Waals surface area contributed by atoms with Crippen molar-refractivity contribution in [2.45, 2.75) is 0 Å². The molecule has 0 radical (unpaired) electrons. The van der Waals surface area contributed by atoms with E-state index >= 15 is 0 Å². The van der Waals surface area contributed by atoms with Crippen molar-refractivity contribution in [3.05, 3.63) is 28.4 Å². The number of rotatable bonds is 2. The molecule has 2 rings (SSSR count). The Morgan fingerprint density at radius 2 is 2.29 bits per heavy atom. The molecule has 1 N–H and O–H groups in total. The van der Waals surface area contributed by atoms with E-state index < -0.39 is 0 Å². The van der Waals surface area contributed by atoms with Crippen molar-refractivity contribution in [2.24, 2.45) is 0 Å². The van der Waals surface area contributed by atoms with Crippen molar-refractivity contribution < 1.29 is 4.79 Å². The van der Waals surface area contributed by atoms with E-state index in [-0.39, 0.29) is 5.78 Å². The molecular weight excluding hydrogens is 312 g/mol. The summed E-state index contributed by atoms with van der Waals surface area (Å²) in [5, 5.41) is 7.92. The lowest BCUT2D eigenvalue weighted by molar-refractivity contribution is 0.102. The van der Waals surface area contributed by atoms with Gasteiger partial charge in [-0.2, -0.15) is 5.10 Å². The van der Waals surface area contributed by atoms with Crippen molar-refractivity contribution in [3.8, 4) is 0 Å². The minimum atomic E-state index is 0.0534. The number of fused-ring (bicyclic) bond motifs is 1. The largest absolute Gasteiger partial charge is 0.293 e. The number of halogens is 2. The third-order valence-corrected chi connectivity index (χ3v) is 2.91.